The van der Waals surface area contributed by atoms with Crippen molar-refractivity contribution in [2.45, 2.75) is 25.9 Å². The molecule has 32 heavy (non-hydrogen) atoms. The smallest absolute Gasteiger partial charge is 0.263 e. The second-order valence-corrected chi connectivity index (χ2v) is 8.65. The minimum Gasteiger partial charge on any atom is -0.368 e. The largest absolute Gasteiger partial charge is 0.368 e. The van der Waals surface area contributed by atoms with Crippen molar-refractivity contribution in [2.24, 2.45) is 11.8 Å². The van der Waals surface area contributed by atoms with Crippen molar-refractivity contribution in [3.05, 3.63) is 50.4 Å². The number of anilines is 2. The number of piperidine rings is 1. The fourth-order valence-electron chi connectivity index (χ4n) is 4.71. The first kappa shape index (κ1) is 20.6. The van der Waals surface area contributed by atoms with Gasteiger partial charge in [0, 0.05) is 19.1 Å². The number of nitrogens with one attached hydrogen (secondary N) is 2. The van der Waals surface area contributed by atoms with Gasteiger partial charge in [0.15, 0.2) is 0 Å². The molecule has 1 unspecified atom stereocenters. The van der Waals surface area contributed by atoms with E-state index in [1.807, 2.05) is 0 Å². The van der Waals surface area contributed by atoms with Crippen LogP contribution >= 0.6 is 11.6 Å². The van der Waals surface area contributed by atoms with Gasteiger partial charge in [0.2, 0.25) is 5.95 Å². The monoisotopic (exact) mass is 454 g/mol. The standard InChI is InChI=1S/C21H20ClFN8O/c1-8-10(5-24)18(30-21(25)28-8)27-9(2)19-29-16-14(23)4-3-13(22)15(16)20(32)31(19)17-11-6-26-7-12(11)17/h3-4,9,11-12,17,26H,6-7H2,1-2H3,(H3,25,27,28,30)/t9-,11-,12+,17?/m0/s1. The summed E-state index contributed by atoms with van der Waals surface area (Å²) >= 11 is 6.27. The van der Waals surface area contributed by atoms with Crippen LogP contribution in [0.25, 0.3) is 10.9 Å². The zero-order valence-electron chi connectivity index (χ0n) is 17.4. The van der Waals surface area contributed by atoms with Gasteiger partial charge in [-0.1, -0.05) is 11.6 Å². The number of hydrogen-bond donors (Lipinski definition) is 3. The maximum absolute atomic E-state index is 14.6. The van der Waals surface area contributed by atoms with Crippen LogP contribution in [0.15, 0.2) is 16.9 Å². The second-order valence-electron chi connectivity index (χ2n) is 8.24. The SMILES string of the molecule is Cc1nc(N)nc(N[C@@H](C)c2nc3c(F)ccc(Cl)c3c(=O)n2C2[C@H]3CNC[C@@H]23)c1C#N. The van der Waals surface area contributed by atoms with Gasteiger partial charge < -0.3 is 16.4 Å². The van der Waals surface area contributed by atoms with E-state index in [0.717, 1.165) is 13.1 Å². The predicted octanol–water partition coefficient (Wildman–Crippen LogP) is 2.30. The van der Waals surface area contributed by atoms with Crippen molar-refractivity contribution >= 4 is 34.3 Å². The van der Waals surface area contributed by atoms with Crippen LogP contribution in [0.2, 0.25) is 5.02 Å². The minimum atomic E-state index is -0.625. The summed E-state index contributed by atoms with van der Waals surface area (Å²) in [4.78, 5) is 26.3. The van der Waals surface area contributed by atoms with Gasteiger partial charge in [-0.2, -0.15) is 10.2 Å². The molecule has 0 spiro atoms. The molecule has 3 heterocycles. The molecule has 2 fully saturated rings. The Kier molecular flexibility index (Phi) is 4.76. The maximum Gasteiger partial charge on any atom is 0.263 e. The van der Waals surface area contributed by atoms with E-state index >= 15 is 0 Å². The summed E-state index contributed by atoms with van der Waals surface area (Å²) in [7, 11) is 0. The van der Waals surface area contributed by atoms with Gasteiger partial charge in [-0.3, -0.25) is 9.36 Å². The number of aromatic nitrogens is 4. The minimum absolute atomic E-state index is 0.0145. The van der Waals surface area contributed by atoms with Gasteiger partial charge in [-0.15, -0.1) is 0 Å². The number of nitrogen functional groups attached to an aromatic ring is 1. The Hall–Kier alpha value is -3.29. The Morgan fingerprint density at radius 3 is 2.75 bits per heavy atom. The van der Waals surface area contributed by atoms with E-state index in [1.165, 1.54) is 12.1 Å². The summed E-state index contributed by atoms with van der Waals surface area (Å²) in [5, 5.41) is 16.2. The molecule has 1 aliphatic heterocycles. The zero-order valence-corrected chi connectivity index (χ0v) is 18.1. The number of rotatable bonds is 4. The van der Waals surface area contributed by atoms with Crippen LogP contribution in [0.5, 0.6) is 0 Å². The molecule has 11 heteroatoms. The van der Waals surface area contributed by atoms with Gasteiger partial charge in [-0.05, 0) is 37.8 Å². The molecule has 1 aromatic carbocycles. The van der Waals surface area contributed by atoms with Gasteiger partial charge in [0.05, 0.1) is 22.1 Å². The van der Waals surface area contributed by atoms with Crippen molar-refractivity contribution in [3.8, 4) is 6.07 Å². The molecule has 0 amide bonds. The first-order chi connectivity index (χ1) is 15.3. The maximum atomic E-state index is 14.6. The lowest BCUT2D eigenvalue weighted by Gasteiger charge is -2.22. The molecule has 2 aliphatic rings. The van der Waals surface area contributed by atoms with Crippen LogP contribution in [-0.4, -0.2) is 32.6 Å². The molecular weight excluding hydrogens is 435 g/mol. The normalized spacial score (nSPS) is 22.4. The molecule has 0 radical (unpaired) electrons. The van der Waals surface area contributed by atoms with Crippen molar-refractivity contribution in [1.82, 2.24) is 24.8 Å². The van der Waals surface area contributed by atoms with Crippen molar-refractivity contribution in [2.75, 3.05) is 24.1 Å². The molecule has 1 aliphatic carbocycles. The highest BCUT2D eigenvalue weighted by molar-refractivity contribution is 6.35. The first-order valence-corrected chi connectivity index (χ1v) is 10.6. The summed E-state index contributed by atoms with van der Waals surface area (Å²) in [6.45, 7) is 5.04. The molecular formula is C21H20ClFN8O. The molecule has 1 saturated heterocycles. The number of benzene rings is 1. The molecule has 164 valence electrons. The van der Waals surface area contributed by atoms with E-state index in [0.29, 0.717) is 23.4 Å². The van der Waals surface area contributed by atoms with E-state index < -0.39 is 11.9 Å². The van der Waals surface area contributed by atoms with Crippen molar-refractivity contribution in [1.29, 1.82) is 5.26 Å². The number of nitrogens with zero attached hydrogens (tertiary/aromatic N) is 5. The Labute approximate surface area is 187 Å². The number of hydrogen-bond acceptors (Lipinski definition) is 8. The third kappa shape index (κ3) is 3.08. The quantitative estimate of drug-likeness (QED) is 0.546. The number of halogens is 2. The summed E-state index contributed by atoms with van der Waals surface area (Å²) in [5.74, 6) is 0.575. The summed E-state index contributed by atoms with van der Waals surface area (Å²) in [6.07, 6.45) is 0. The highest BCUT2D eigenvalue weighted by Gasteiger charge is 2.55. The van der Waals surface area contributed by atoms with Gasteiger partial charge in [0.1, 0.15) is 34.6 Å². The van der Waals surface area contributed by atoms with E-state index in [9.17, 15) is 14.4 Å². The lowest BCUT2D eigenvalue weighted by atomic mass is 10.2. The van der Waals surface area contributed by atoms with E-state index in [1.54, 1.807) is 18.4 Å². The highest BCUT2D eigenvalue weighted by Crippen LogP contribution is 2.52. The van der Waals surface area contributed by atoms with E-state index in [-0.39, 0.29) is 44.9 Å². The molecule has 3 aromatic rings. The van der Waals surface area contributed by atoms with Crippen LogP contribution in [0.3, 0.4) is 0 Å². The van der Waals surface area contributed by atoms with E-state index in [2.05, 4.69) is 31.7 Å². The molecule has 5 rings (SSSR count). The van der Waals surface area contributed by atoms with Crippen molar-refractivity contribution in [3.63, 3.8) is 0 Å². The Bertz CT molecular complexity index is 1360. The van der Waals surface area contributed by atoms with Crippen LogP contribution in [0, 0.1) is 35.9 Å². The summed E-state index contributed by atoms with van der Waals surface area (Å²) in [6, 6.07) is 4.00. The summed E-state index contributed by atoms with van der Waals surface area (Å²) < 4.78 is 16.3. The number of nitrogens with two attached hydrogens (primary N) is 1. The van der Waals surface area contributed by atoms with Crippen LogP contribution < -0.4 is 21.9 Å². The summed E-state index contributed by atoms with van der Waals surface area (Å²) in [5.41, 5.74) is 5.98. The Morgan fingerprint density at radius 1 is 1.34 bits per heavy atom. The number of nitriles is 1. The zero-order chi connectivity index (χ0) is 22.7. The lowest BCUT2D eigenvalue weighted by Crippen LogP contribution is -2.31. The third-order valence-corrected chi connectivity index (χ3v) is 6.60. The van der Waals surface area contributed by atoms with Crippen LogP contribution in [0.1, 0.15) is 36.1 Å². The fraction of sp³-hybridized carbons (Fsp3) is 0.381. The second kappa shape index (κ2) is 7.39. The van der Waals surface area contributed by atoms with Gasteiger partial charge in [0.25, 0.3) is 5.56 Å². The lowest BCUT2D eigenvalue weighted by molar-refractivity contribution is 0.517. The third-order valence-electron chi connectivity index (χ3n) is 6.29. The average Bonchev–Trinajstić information content (AvgIpc) is 3.18. The molecule has 1 saturated carbocycles. The number of aryl methyl sites for hydroxylation is 1. The topological polar surface area (TPSA) is 135 Å². The molecule has 4 atom stereocenters. The highest BCUT2D eigenvalue weighted by atomic mass is 35.5. The Balaban J connectivity index is 1.67. The average molecular weight is 455 g/mol. The predicted molar refractivity (Wildman–Crippen MR) is 118 cm³/mol. The van der Waals surface area contributed by atoms with Crippen LogP contribution in [0.4, 0.5) is 16.2 Å². The van der Waals surface area contributed by atoms with Crippen LogP contribution in [-0.2, 0) is 0 Å². The van der Waals surface area contributed by atoms with E-state index in [4.69, 9.17) is 17.3 Å². The number of fused-ring (bicyclic) bond motifs is 2. The van der Waals surface area contributed by atoms with Gasteiger partial charge >= 0.3 is 0 Å². The first-order valence-electron chi connectivity index (χ1n) is 10.2. The fourth-order valence-corrected chi connectivity index (χ4v) is 4.94. The molecule has 9 nitrogen and oxygen atoms in total. The van der Waals surface area contributed by atoms with Gasteiger partial charge in [-0.25, -0.2) is 14.4 Å². The Morgan fingerprint density at radius 2 is 2.06 bits per heavy atom. The molecule has 2 aromatic heterocycles. The molecule has 4 N–H and O–H groups in total. The van der Waals surface area contributed by atoms with Crippen molar-refractivity contribution < 1.29 is 4.39 Å². The molecule has 0 bridgehead atoms.